The lowest BCUT2D eigenvalue weighted by Gasteiger charge is -2.27. The van der Waals surface area contributed by atoms with Gasteiger partial charge < -0.3 is 15.4 Å². The molecule has 0 saturated carbocycles. The molecule has 0 aliphatic heterocycles. The number of thiocarbonyl (C=S) groups is 1. The van der Waals surface area contributed by atoms with Crippen LogP contribution in [0, 0.1) is 0 Å². The fourth-order valence-corrected chi connectivity index (χ4v) is 2.15. The van der Waals surface area contributed by atoms with Gasteiger partial charge in [0.2, 0.25) is 0 Å². The van der Waals surface area contributed by atoms with E-state index in [1.165, 1.54) is 0 Å². The Hall–Kier alpha value is -1.33. The molecule has 1 aromatic rings. The Kier molecular flexibility index (Phi) is 6.23. The third-order valence-corrected chi connectivity index (χ3v) is 3.36. The van der Waals surface area contributed by atoms with E-state index in [0.29, 0.717) is 22.2 Å². The lowest BCUT2D eigenvalue weighted by atomic mass is 10.2. The second-order valence-electron chi connectivity index (χ2n) is 4.69. The number of halogens is 1. The lowest BCUT2D eigenvalue weighted by molar-refractivity contribution is -0.138. The first-order valence-corrected chi connectivity index (χ1v) is 7.07. The molecule has 110 valence electrons. The van der Waals surface area contributed by atoms with Crippen LogP contribution in [0.25, 0.3) is 0 Å². The fourth-order valence-electron chi connectivity index (χ4n) is 1.73. The molecule has 0 fully saturated rings. The van der Waals surface area contributed by atoms with Crippen molar-refractivity contribution in [3.63, 3.8) is 0 Å². The maximum absolute atomic E-state index is 12.2. The van der Waals surface area contributed by atoms with Crippen LogP contribution < -0.4 is 10.5 Å². The number of nitrogens with two attached hydrogens (primary N) is 1. The predicted octanol–water partition coefficient (Wildman–Crippen LogP) is 2.63. The smallest absolute Gasteiger partial charge is 0.263 e. The molecule has 2 atom stereocenters. The van der Waals surface area contributed by atoms with Gasteiger partial charge in [0.05, 0.1) is 4.99 Å². The van der Waals surface area contributed by atoms with Crippen molar-refractivity contribution in [3.05, 3.63) is 29.3 Å². The van der Waals surface area contributed by atoms with Crippen molar-refractivity contribution in [2.45, 2.75) is 32.4 Å². The average Bonchev–Trinajstić information content (AvgIpc) is 2.36. The van der Waals surface area contributed by atoms with E-state index >= 15 is 0 Å². The van der Waals surface area contributed by atoms with E-state index in [2.05, 4.69) is 0 Å². The minimum absolute atomic E-state index is 0.0644. The highest BCUT2D eigenvalue weighted by atomic mass is 35.5. The largest absolute Gasteiger partial charge is 0.481 e. The van der Waals surface area contributed by atoms with Gasteiger partial charge in [0, 0.05) is 24.5 Å². The van der Waals surface area contributed by atoms with Crippen LogP contribution in [-0.4, -0.2) is 35.0 Å². The molecule has 1 aromatic carbocycles. The maximum atomic E-state index is 12.2. The summed E-state index contributed by atoms with van der Waals surface area (Å²) in [6.07, 6.45) is -0.117. The van der Waals surface area contributed by atoms with Crippen molar-refractivity contribution in [2.75, 3.05) is 7.05 Å². The van der Waals surface area contributed by atoms with Crippen LogP contribution >= 0.6 is 23.8 Å². The number of hydrogen-bond donors (Lipinski definition) is 1. The Morgan fingerprint density at radius 2 is 2.15 bits per heavy atom. The van der Waals surface area contributed by atoms with E-state index in [-0.39, 0.29) is 11.9 Å². The Morgan fingerprint density at radius 3 is 2.70 bits per heavy atom. The van der Waals surface area contributed by atoms with Crippen molar-refractivity contribution >= 4 is 34.7 Å². The van der Waals surface area contributed by atoms with Crippen molar-refractivity contribution in [2.24, 2.45) is 5.73 Å². The predicted molar refractivity (Wildman–Crippen MR) is 85.2 cm³/mol. The highest BCUT2D eigenvalue weighted by Crippen LogP contribution is 2.19. The van der Waals surface area contributed by atoms with Gasteiger partial charge in [-0.2, -0.15) is 0 Å². The van der Waals surface area contributed by atoms with E-state index in [9.17, 15) is 4.79 Å². The number of hydrogen-bond acceptors (Lipinski definition) is 3. The van der Waals surface area contributed by atoms with Gasteiger partial charge >= 0.3 is 0 Å². The first-order chi connectivity index (χ1) is 9.31. The van der Waals surface area contributed by atoms with E-state index in [1.807, 2.05) is 6.92 Å². The molecule has 4 nitrogen and oxygen atoms in total. The summed E-state index contributed by atoms with van der Waals surface area (Å²) in [5.74, 6) is 0.433. The van der Waals surface area contributed by atoms with Gasteiger partial charge in [0.15, 0.2) is 6.10 Å². The van der Waals surface area contributed by atoms with Crippen LogP contribution in [0.5, 0.6) is 5.75 Å². The zero-order valence-electron chi connectivity index (χ0n) is 11.8. The standard InChI is InChI=1S/C14H19ClN2O2S/c1-9(7-13(16)20)17(3)14(18)10(2)19-12-6-4-5-11(15)8-12/h4-6,8-10H,7H2,1-3H3,(H2,16,20). The topological polar surface area (TPSA) is 55.6 Å². The first-order valence-electron chi connectivity index (χ1n) is 6.28. The molecule has 20 heavy (non-hydrogen) atoms. The number of rotatable bonds is 6. The molecule has 2 N–H and O–H groups in total. The first kappa shape index (κ1) is 16.7. The molecule has 0 saturated heterocycles. The van der Waals surface area contributed by atoms with Crippen LogP contribution in [0.2, 0.25) is 5.02 Å². The van der Waals surface area contributed by atoms with E-state index < -0.39 is 6.10 Å². The Morgan fingerprint density at radius 1 is 1.50 bits per heavy atom. The number of ether oxygens (including phenoxy) is 1. The summed E-state index contributed by atoms with van der Waals surface area (Å²) in [5, 5.41) is 0.567. The zero-order valence-corrected chi connectivity index (χ0v) is 13.4. The monoisotopic (exact) mass is 314 g/mol. The Labute approximate surface area is 129 Å². The zero-order chi connectivity index (χ0) is 15.3. The minimum Gasteiger partial charge on any atom is -0.481 e. The molecule has 1 rings (SSSR count). The van der Waals surface area contributed by atoms with Gasteiger partial charge in [-0.05, 0) is 32.0 Å². The molecule has 6 heteroatoms. The third-order valence-electron chi connectivity index (χ3n) is 2.96. The van der Waals surface area contributed by atoms with Crippen LogP contribution in [-0.2, 0) is 4.79 Å². The van der Waals surface area contributed by atoms with Crippen molar-refractivity contribution in [1.29, 1.82) is 0 Å². The molecular formula is C14H19ClN2O2S. The highest BCUT2D eigenvalue weighted by Gasteiger charge is 2.23. The van der Waals surface area contributed by atoms with Gasteiger partial charge in [-0.3, -0.25) is 4.79 Å². The fraction of sp³-hybridized carbons (Fsp3) is 0.429. The number of amides is 1. The number of likely N-dealkylation sites (N-methyl/N-ethyl adjacent to an activating group) is 1. The summed E-state index contributed by atoms with van der Waals surface area (Å²) in [5.41, 5.74) is 5.50. The van der Waals surface area contributed by atoms with E-state index in [0.717, 1.165) is 0 Å². The number of carbonyl (C=O) groups excluding carboxylic acids is 1. The molecular weight excluding hydrogens is 296 g/mol. The lowest BCUT2D eigenvalue weighted by Crippen LogP contribution is -2.44. The second-order valence-corrected chi connectivity index (χ2v) is 5.65. The van der Waals surface area contributed by atoms with Crippen molar-refractivity contribution in [1.82, 2.24) is 4.90 Å². The van der Waals surface area contributed by atoms with Crippen LogP contribution in [0.15, 0.2) is 24.3 Å². The van der Waals surface area contributed by atoms with Gasteiger partial charge in [-0.25, -0.2) is 0 Å². The molecule has 1 amide bonds. The van der Waals surface area contributed by atoms with Crippen molar-refractivity contribution < 1.29 is 9.53 Å². The molecule has 0 heterocycles. The average molecular weight is 315 g/mol. The number of benzene rings is 1. The number of carbonyl (C=O) groups is 1. The molecule has 0 aromatic heterocycles. The molecule has 0 aliphatic rings. The summed E-state index contributed by atoms with van der Waals surface area (Å²) in [6.45, 7) is 3.59. The molecule has 0 bridgehead atoms. The third kappa shape index (κ3) is 4.98. The summed E-state index contributed by atoms with van der Waals surface area (Å²) < 4.78 is 5.59. The van der Waals surface area contributed by atoms with Crippen LogP contribution in [0.3, 0.4) is 0 Å². The molecule has 2 unspecified atom stereocenters. The van der Waals surface area contributed by atoms with E-state index in [1.54, 1.807) is 43.1 Å². The molecule has 0 aliphatic carbocycles. The summed E-state index contributed by atoms with van der Waals surface area (Å²) in [6, 6.07) is 6.88. The summed E-state index contributed by atoms with van der Waals surface area (Å²) >= 11 is 10.7. The highest BCUT2D eigenvalue weighted by molar-refractivity contribution is 7.80. The normalized spacial score (nSPS) is 13.4. The Bertz CT molecular complexity index is 496. The van der Waals surface area contributed by atoms with Gasteiger partial charge in [0.1, 0.15) is 5.75 Å². The molecule has 0 spiro atoms. The number of nitrogens with zero attached hydrogens (tertiary/aromatic N) is 1. The molecule has 0 radical (unpaired) electrons. The Balaban J connectivity index is 2.64. The minimum atomic E-state index is -0.604. The van der Waals surface area contributed by atoms with Gasteiger partial charge in [-0.15, -0.1) is 0 Å². The van der Waals surface area contributed by atoms with Gasteiger partial charge in [-0.1, -0.05) is 29.9 Å². The summed E-state index contributed by atoms with van der Waals surface area (Å²) in [4.78, 5) is 14.2. The maximum Gasteiger partial charge on any atom is 0.263 e. The van der Waals surface area contributed by atoms with Gasteiger partial charge in [0.25, 0.3) is 5.91 Å². The van der Waals surface area contributed by atoms with E-state index in [4.69, 9.17) is 34.3 Å². The second kappa shape index (κ2) is 7.45. The SMILES string of the molecule is CC(Oc1cccc(Cl)c1)C(=O)N(C)C(C)CC(N)=S. The van der Waals surface area contributed by atoms with Crippen molar-refractivity contribution in [3.8, 4) is 5.75 Å². The summed E-state index contributed by atoms with van der Waals surface area (Å²) in [7, 11) is 1.71. The van der Waals surface area contributed by atoms with Crippen LogP contribution in [0.1, 0.15) is 20.3 Å². The van der Waals surface area contributed by atoms with Crippen LogP contribution in [0.4, 0.5) is 0 Å². The quantitative estimate of drug-likeness (QED) is 0.820.